The summed E-state index contributed by atoms with van der Waals surface area (Å²) in [7, 11) is 0. The first-order valence-corrected chi connectivity index (χ1v) is 17.9. The normalized spacial score (nSPS) is 12.3. The second-order valence-corrected chi connectivity index (χ2v) is 14.2. The molecule has 260 valence electrons. The van der Waals surface area contributed by atoms with Crippen LogP contribution in [0, 0.1) is 6.92 Å². The number of aryl methyl sites for hydroxylation is 1. The summed E-state index contributed by atoms with van der Waals surface area (Å²) in [6.07, 6.45) is 10.2. The van der Waals surface area contributed by atoms with Crippen molar-refractivity contribution in [2.45, 2.75) is 45.4 Å². The van der Waals surface area contributed by atoms with Crippen LogP contribution in [0.4, 0.5) is 0 Å². The summed E-state index contributed by atoms with van der Waals surface area (Å²) in [4.78, 5) is 8.14. The minimum absolute atomic E-state index is 0.253. The van der Waals surface area contributed by atoms with Crippen molar-refractivity contribution in [2.75, 3.05) is 0 Å². The Morgan fingerprint density at radius 2 is 0.960 bits per heavy atom. The van der Waals surface area contributed by atoms with Gasteiger partial charge < -0.3 is 18.6 Å². The number of ether oxygens (including phenoxy) is 2. The lowest BCUT2D eigenvalue weighted by atomic mass is 10.1. The van der Waals surface area contributed by atoms with Gasteiger partial charge in [-0.25, -0.2) is 9.97 Å². The molecule has 6 nitrogen and oxygen atoms in total. The highest BCUT2D eigenvalue weighted by Gasteiger charge is 2.19. The Labute approximate surface area is 326 Å². The fraction of sp³-hybridized carbons (Fsp3) is 0.189. The van der Waals surface area contributed by atoms with E-state index in [0.29, 0.717) is 61.5 Å². The predicted octanol–water partition coefficient (Wildman–Crippen LogP) is 12.6. The minimum Gasteiger partial charge on any atom is -0.367 e. The summed E-state index contributed by atoms with van der Waals surface area (Å²) in [6.45, 7) is 3.87. The largest absolute Gasteiger partial charge is 0.367 e. The van der Waals surface area contributed by atoms with E-state index < -0.39 is 0 Å². The molecule has 0 amide bonds. The zero-order valence-corrected chi connectivity index (χ0v) is 31.9. The standard InChI is InChI=1S/C19H17Cl3N2O.C18H14Cl4N2O/c1-13-2-3-14(17(21)8-13)11-25-19(10-24-7-6-23-12-24)16-5-4-15(20)9-18(16)22;19-13-2-1-12(16(21)7-13)10-25-18(9-24-6-5-23-11-24)15-4-3-14(20)8-17(15)22/h2-9,12,19H,10-11H2,1H3;1-8,11,18H,9-10H2/t19-;18-/m10/s1. The molecule has 0 aliphatic carbocycles. The van der Waals surface area contributed by atoms with Gasteiger partial charge in [0.1, 0.15) is 12.2 Å². The zero-order chi connectivity index (χ0) is 35.6. The van der Waals surface area contributed by atoms with Crippen LogP contribution < -0.4 is 0 Å². The predicted molar refractivity (Wildman–Crippen MR) is 205 cm³/mol. The van der Waals surface area contributed by atoms with E-state index in [-0.39, 0.29) is 12.2 Å². The summed E-state index contributed by atoms with van der Waals surface area (Å²) in [5.41, 5.74) is 4.64. The Hall–Kier alpha value is -2.75. The molecule has 0 fully saturated rings. The SMILES string of the molecule is Cc1ccc(CO[C@H](Cn2ccnc2)c2ccc(Cl)cc2Cl)c(Cl)c1.Clc1ccc(CO[C@@H](Cn2ccnc2)c2ccc(Cl)cc2Cl)c(Cl)c1. The molecular weight excluding hydrogens is 781 g/mol. The van der Waals surface area contributed by atoms with Crippen molar-refractivity contribution in [3.05, 3.63) is 173 Å². The number of rotatable bonds is 12. The second kappa shape index (κ2) is 18.7. The van der Waals surface area contributed by atoms with Crippen LogP contribution in [0.5, 0.6) is 0 Å². The Morgan fingerprint density at radius 3 is 1.36 bits per heavy atom. The van der Waals surface area contributed by atoms with Crippen molar-refractivity contribution in [2.24, 2.45) is 0 Å². The number of imidazole rings is 2. The minimum atomic E-state index is -0.286. The van der Waals surface area contributed by atoms with Gasteiger partial charge in [-0.2, -0.15) is 0 Å². The van der Waals surface area contributed by atoms with Crippen LogP contribution in [-0.4, -0.2) is 19.1 Å². The molecule has 2 atom stereocenters. The molecule has 0 unspecified atom stereocenters. The first kappa shape index (κ1) is 38.5. The highest BCUT2D eigenvalue weighted by atomic mass is 35.5. The molecule has 13 heteroatoms. The number of aromatic nitrogens is 4. The fourth-order valence-corrected chi connectivity index (χ4v) is 6.78. The number of nitrogens with zero attached hydrogens (tertiary/aromatic N) is 4. The molecule has 0 spiro atoms. The number of hydrogen-bond acceptors (Lipinski definition) is 4. The first-order chi connectivity index (χ1) is 24.0. The summed E-state index contributed by atoms with van der Waals surface area (Å²) in [5, 5.41) is 4.16. The maximum Gasteiger partial charge on any atom is 0.102 e. The van der Waals surface area contributed by atoms with Crippen LogP contribution >= 0.6 is 81.2 Å². The smallest absolute Gasteiger partial charge is 0.102 e. The van der Waals surface area contributed by atoms with Crippen molar-refractivity contribution in [1.82, 2.24) is 19.1 Å². The van der Waals surface area contributed by atoms with E-state index in [4.69, 9.17) is 90.7 Å². The Bertz CT molecular complexity index is 1850. The van der Waals surface area contributed by atoms with Gasteiger partial charge in [0.05, 0.1) is 39.0 Å². The lowest BCUT2D eigenvalue weighted by Crippen LogP contribution is -2.12. The molecule has 6 rings (SSSR count). The van der Waals surface area contributed by atoms with E-state index in [2.05, 4.69) is 9.97 Å². The zero-order valence-electron chi connectivity index (χ0n) is 26.6. The van der Waals surface area contributed by atoms with E-state index in [0.717, 1.165) is 27.8 Å². The topological polar surface area (TPSA) is 54.1 Å². The summed E-state index contributed by atoms with van der Waals surface area (Å²) < 4.78 is 16.2. The average molecular weight is 812 g/mol. The number of halogens is 7. The van der Waals surface area contributed by atoms with Crippen molar-refractivity contribution in [3.8, 4) is 0 Å². The van der Waals surface area contributed by atoms with Gasteiger partial charge >= 0.3 is 0 Å². The van der Waals surface area contributed by atoms with Crippen molar-refractivity contribution < 1.29 is 9.47 Å². The molecule has 0 N–H and O–H groups in total. The molecular formula is C37H31Cl7N4O2. The molecule has 0 saturated heterocycles. The molecule has 0 bridgehead atoms. The van der Waals surface area contributed by atoms with Crippen LogP contribution in [0.25, 0.3) is 0 Å². The van der Waals surface area contributed by atoms with Crippen molar-refractivity contribution >= 4 is 81.2 Å². The van der Waals surface area contributed by atoms with Gasteiger partial charge in [-0.05, 0) is 66.1 Å². The van der Waals surface area contributed by atoms with Crippen molar-refractivity contribution in [1.29, 1.82) is 0 Å². The maximum atomic E-state index is 6.38. The number of benzene rings is 4. The van der Waals surface area contributed by atoms with E-state index >= 15 is 0 Å². The van der Waals surface area contributed by atoms with Gasteiger partial charge in [0.15, 0.2) is 0 Å². The van der Waals surface area contributed by atoms with Crippen LogP contribution in [0.1, 0.15) is 40.0 Å². The Balaban J connectivity index is 0.000000194. The summed E-state index contributed by atoms with van der Waals surface area (Å²) >= 11 is 43.3. The summed E-state index contributed by atoms with van der Waals surface area (Å²) in [5.74, 6) is 0. The highest BCUT2D eigenvalue weighted by Crippen LogP contribution is 2.33. The molecule has 2 aromatic heterocycles. The van der Waals surface area contributed by atoms with Crippen LogP contribution in [0.3, 0.4) is 0 Å². The summed E-state index contributed by atoms with van der Waals surface area (Å²) in [6, 6.07) is 22.1. The molecule has 4 aromatic carbocycles. The Kier molecular flexibility index (Phi) is 14.4. The van der Waals surface area contributed by atoms with Gasteiger partial charge in [-0.1, -0.05) is 112 Å². The van der Waals surface area contributed by atoms with Gasteiger partial charge in [0, 0.05) is 71.1 Å². The second-order valence-electron chi connectivity index (χ2n) is 11.3. The van der Waals surface area contributed by atoms with Crippen LogP contribution in [0.15, 0.2) is 110 Å². The average Bonchev–Trinajstić information content (AvgIpc) is 3.78. The third-order valence-corrected chi connectivity index (χ3v) is 9.66. The molecule has 50 heavy (non-hydrogen) atoms. The molecule has 0 saturated carbocycles. The van der Waals surface area contributed by atoms with Gasteiger partial charge in [0.25, 0.3) is 0 Å². The van der Waals surface area contributed by atoms with Crippen LogP contribution in [-0.2, 0) is 35.8 Å². The number of hydrogen-bond donors (Lipinski definition) is 0. The van der Waals surface area contributed by atoms with Gasteiger partial charge in [-0.3, -0.25) is 0 Å². The van der Waals surface area contributed by atoms with E-state index in [1.54, 1.807) is 55.4 Å². The highest BCUT2D eigenvalue weighted by molar-refractivity contribution is 6.36. The van der Waals surface area contributed by atoms with E-state index in [1.165, 1.54) is 0 Å². The Morgan fingerprint density at radius 1 is 0.540 bits per heavy atom. The monoisotopic (exact) mass is 808 g/mol. The molecule has 2 heterocycles. The molecule has 0 radical (unpaired) electrons. The lowest BCUT2D eigenvalue weighted by molar-refractivity contribution is 0.0280. The third kappa shape index (κ3) is 11.1. The van der Waals surface area contributed by atoms with Crippen molar-refractivity contribution in [3.63, 3.8) is 0 Å². The van der Waals surface area contributed by atoms with E-state index in [9.17, 15) is 0 Å². The molecule has 6 aromatic rings. The third-order valence-electron chi connectivity index (χ3n) is 7.59. The quantitative estimate of drug-likeness (QED) is 0.124. The van der Waals surface area contributed by atoms with E-state index in [1.807, 2.05) is 70.9 Å². The molecule has 0 aliphatic rings. The lowest BCUT2D eigenvalue weighted by Gasteiger charge is -2.21. The van der Waals surface area contributed by atoms with Crippen LogP contribution in [0.2, 0.25) is 35.2 Å². The van der Waals surface area contributed by atoms with Gasteiger partial charge in [0.2, 0.25) is 0 Å². The fourth-order valence-electron chi connectivity index (χ4n) is 4.97. The van der Waals surface area contributed by atoms with Gasteiger partial charge in [-0.15, -0.1) is 0 Å². The maximum absolute atomic E-state index is 6.38. The molecule has 0 aliphatic heterocycles. The first-order valence-electron chi connectivity index (χ1n) is 15.3.